The van der Waals surface area contributed by atoms with Crippen molar-refractivity contribution in [2.75, 3.05) is 24.7 Å². The number of hydrogen-bond donors (Lipinski definition) is 2. The zero-order chi connectivity index (χ0) is 14.5. The van der Waals surface area contributed by atoms with Crippen LogP contribution in [0.3, 0.4) is 0 Å². The Morgan fingerprint density at radius 3 is 2.90 bits per heavy atom. The molecule has 1 heterocycles. The molecule has 0 amide bonds. The number of methoxy groups -OCH3 is 1. The van der Waals surface area contributed by atoms with Crippen LogP contribution in [0, 0.1) is 0 Å². The lowest BCUT2D eigenvalue weighted by Crippen LogP contribution is -2.09. The van der Waals surface area contributed by atoms with E-state index < -0.39 is 5.97 Å². The number of nitrogens with zero attached hydrogens (tertiary/aromatic N) is 3. The van der Waals surface area contributed by atoms with Crippen molar-refractivity contribution in [2.24, 2.45) is 7.05 Å². The summed E-state index contributed by atoms with van der Waals surface area (Å²) in [6, 6.07) is 5.02. The number of carbonyl (C=O) groups is 1. The number of ether oxygens (including phenoxy) is 1. The van der Waals surface area contributed by atoms with Gasteiger partial charge in [-0.3, -0.25) is 4.68 Å². The molecule has 0 aliphatic carbocycles. The molecular weight excluding hydrogens is 258 g/mol. The summed E-state index contributed by atoms with van der Waals surface area (Å²) in [5, 5.41) is 7.37. The summed E-state index contributed by atoms with van der Waals surface area (Å²) in [7, 11) is 3.16. The molecule has 0 radical (unpaired) electrons. The predicted octanol–water partition coefficient (Wildman–Crippen LogP) is 0.838. The number of aryl methyl sites for hydroxylation is 1. The maximum absolute atomic E-state index is 11.4. The van der Waals surface area contributed by atoms with E-state index in [1.807, 2.05) is 7.05 Å². The molecule has 0 unspecified atom stereocenters. The normalized spacial score (nSPS) is 10.3. The molecule has 2 aromatic rings. The molecule has 0 saturated carbocycles. The van der Waals surface area contributed by atoms with Crippen molar-refractivity contribution < 1.29 is 9.53 Å². The highest BCUT2D eigenvalue weighted by molar-refractivity contribution is 5.91. The van der Waals surface area contributed by atoms with Crippen LogP contribution in [0.2, 0.25) is 0 Å². The van der Waals surface area contributed by atoms with E-state index in [2.05, 4.69) is 20.1 Å². The van der Waals surface area contributed by atoms with E-state index in [0.717, 1.165) is 11.5 Å². The molecule has 0 atom stereocenters. The summed E-state index contributed by atoms with van der Waals surface area (Å²) in [5.41, 5.74) is 7.60. The number of hydrogen-bond acceptors (Lipinski definition) is 6. The fourth-order valence-corrected chi connectivity index (χ4v) is 1.78. The Morgan fingerprint density at radius 2 is 2.30 bits per heavy atom. The second kappa shape index (κ2) is 6.05. The Labute approximate surface area is 116 Å². The van der Waals surface area contributed by atoms with Crippen molar-refractivity contribution >= 4 is 17.3 Å². The van der Waals surface area contributed by atoms with Gasteiger partial charge < -0.3 is 15.8 Å². The third-order valence-electron chi connectivity index (χ3n) is 2.78. The van der Waals surface area contributed by atoms with Gasteiger partial charge in [0.1, 0.15) is 6.33 Å². The molecular formula is C13H17N5O2. The Kier molecular flexibility index (Phi) is 4.19. The molecule has 0 saturated heterocycles. The van der Waals surface area contributed by atoms with Gasteiger partial charge in [-0.25, -0.2) is 9.78 Å². The smallest absolute Gasteiger partial charge is 0.337 e. The molecule has 0 bridgehead atoms. The summed E-state index contributed by atoms with van der Waals surface area (Å²) in [5.74, 6) is 0.366. The SMILES string of the molecule is COC(=O)c1ccc(NCCc2ncn(C)n2)c(N)c1. The molecule has 3 N–H and O–H groups in total. The third-order valence-corrected chi connectivity index (χ3v) is 2.78. The van der Waals surface area contributed by atoms with Crippen LogP contribution in [0.15, 0.2) is 24.5 Å². The number of nitrogen functional groups attached to an aromatic ring is 1. The van der Waals surface area contributed by atoms with E-state index in [1.165, 1.54) is 7.11 Å². The lowest BCUT2D eigenvalue weighted by atomic mass is 10.1. The van der Waals surface area contributed by atoms with Crippen molar-refractivity contribution in [1.82, 2.24) is 14.8 Å². The fourth-order valence-electron chi connectivity index (χ4n) is 1.78. The minimum Gasteiger partial charge on any atom is -0.465 e. The van der Waals surface area contributed by atoms with Crippen LogP contribution < -0.4 is 11.1 Å². The minimum atomic E-state index is -0.402. The van der Waals surface area contributed by atoms with Gasteiger partial charge in [0.2, 0.25) is 0 Å². The highest BCUT2D eigenvalue weighted by Crippen LogP contribution is 2.20. The topological polar surface area (TPSA) is 95.1 Å². The van der Waals surface area contributed by atoms with E-state index in [9.17, 15) is 4.79 Å². The lowest BCUT2D eigenvalue weighted by molar-refractivity contribution is 0.0601. The Morgan fingerprint density at radius 1 is 1.50 bits per heavy atom. The molecule has 2 rings (SSSR count). The number of esters is 1. The van der Waals surface area contributed by atoms with E-state index in [1.54, 1.807) is 29.2 Å². The standard InChI is InChI=1S/C13H17N5O2/c1-18-8-16-12(17-18)5-6-15-11-4-3-9(7-10(11)14)13(19)20-2/h3-4,7-8,15H,5-6,14H2,1-2H3. The van der Waals surface area contributed by atoms with Crippen LogP contribution in [-0.2, 0) is 18.2 Å². The second-order valence-electron chi connectivity index (χ2n) is 4.30. The molecule has 7 heteroatoms. The van der Waals surface area contributed by atoms with Crippen molar-refractivity contribution in [3.63, 3.8) is 0 Å². The Bertz CT molecular complexity index is 609. The van der Waals surface area contributed by atoms with Gasteiger partial charge >= 0.3 is 5.97 Å². The lowest BCUT2D eigenvalue weighted by Gasteiger charge is -2.09. The second-order valence-corrected chi connectivity index (χ2v) is 4.30. The first kappa shape index (κ1) is 13.9. The number of carbonyl (C=O) groups excluding carboxylic acids is 1. The van der Waals surface area contributed by atoms with E-state index >= 15 is 0 Å². The zero-order valence-corrected chi connectivity index (χ0v) is 11.5. The average molecular weight is 275 g/mol. The van der Waals surface area contributed by atoms with Crippen molar-refractivity contribution in [3.8, 4) is 0 Å². The highest BCUT2D eigenvalue weighted by atomic mass is 16.5. The van der Waals surface area contributed by atoms with Gasteiger partial charge in [0.25, 0.3) is 0 Å². The molecule has 20 heavy (non-hydrogen) atoms. The Balaban J connectivity index is 1.94. The average Bonchev–Trinajstić information content (AvgIpc) is 2.85. The molecule has 7 nitrogen and oxygen atoms in total. The summed E-state index contributed by atoms with van der Waals surface area (Å²) >= 11 is 0. The van der Waals surface area contributed by atoms with Crippen LogP contribution in [0.4, 0.5) is 11.4 Å². The van der Waals surface area contributed by atoms with Crippen LogP contribution >= 0.6 is 0 Å². The van der Waals surface area contributed by atoms with Crippen molar-refractivity contribution in [1.29, 1.82) is 0 Å². The fraction of sp³-hybridized carbons (Fsp3) is 0.308. The first-order valence-electron chi connectivity index (χ1n) is 6.16. The maximum Gasteiger partial charge on any atom is 0.337 e. The van der Waals surface area contributed by atoms with E-state index in [-0.39, 0.29) is 0 Å². The van der Waals surface area contributed by atoms with Crippen molar-refractivity contribution in [2.45, 2.75) is 6.42 Å². The van der Waals surface area contributed by atoms with Gasteiger partial charge in [-0.15, -0.1) is 0 Å². The molecule has 1 aromatic heterocycles. The monoisotopic (exact) mass is 275 g/mol. The quantitative estimate of drug-likeness (QED) is 0.620. The van der Waals surface area contributed by atoms with Gasteiger partial charge in [-0.2, -0.15) is 5.10 Å². The van der Waals surface area contributed by atoms with Gasteiger partial charge in [0.15, 0.2) is 5.82 Å². The molecule has 0 spiro atoms. The van der Waals surface area contributed by atoms with Gasteiger partial charge in [-0.05, 0) is 18.2 Å². The van der Waals surface area contributed by atoms with Crippen LogP contribution in [-0.4, -0.2) is 34.4 Å². The first-order valence-corrected chi connectivity index (χ1v) is 6.16. The molecule has 0 fully saturated rings. The summed E-state index contributed by atoms with van der Waals surface area (Å²) in [6.07, 6.45) is 2.36. The van der Waals surface area contributed by atoms with Gasteiger partial charge in [-0.1, -0.05) is 0 Å². The number of aromatic nitrogens is 3. The predicted molar refractivity (Wildman–Crippen MR) is 75.4 cm³/mol. The van der Waals surface area contributed by atoms with Crippen LogP contribution in [0.1, 0.15) is 16.2 Å². The largest absolute Gasteiger partial charge is 0.465 e. The van der Waals surface area contributed by atoms with Gasteiger partial charge in [0.05, 0.1) is 24.0 Å². The number of benzene rings is 1. The molecule has 1 aromatic carbocycles. The minimum absolute atomic E-state index is 0.402. The number of nitrogens with two attached hydrogens (primary N) is 1. The summed E-state index contributed by atoms with van der Waals surface area (Å²) in [4.78, 5) is 15.5. The number of rotatable bonds is 5. The highest BCUT2D eigenvalue weighted by Gasteiger charge is 2.08. The molecule has 0 aliphatic heterocycles. The summed E-state index contributed by atoms with van der Waals surface area (Å²) < 4.78 is 6.30. The number of nitrogens with one attached hydrogen (secondary N) is 1. The molecule has 0 aliphatic rings. The van der Waals surface area contributed by atoms with E-state index in [4.69, 9.17) is 5.73 Å². The van der Waals surface area contributed by atoms with Crippen LogP contribution in [0.5, 0.6) is 0 Å². The molecule has 106 valence electrons. The van der Waals surface area contributed by atoms with Crippen molar-refractivity contribution in [3.05, 3.63) is 35.9 Å². The summed E-state index contributed by atoms with van der Waals surface area (Å²) in [6.45, 7) is 0.659. The number of anilines is 2. The third kappa shape index (κ3) is 3.25. The maximum atomic E-state index is 11.4. The zero-order valence-electron chi connectivity index (χ0n) is 11.5. The van der Waals surface area contributed by atoms with E-state index in [0.29, 0.717) is 24.2 Å². The van der Waals surface area contributed by atoms with Gasteiger partial charge in [0, 0.05) is 20.0 Å². The first-order chi connectivity index (χ1) is 9.60. The van der Waals surface area contributed by atoms with Crippen LogP contribution in [0.25, 0.3) is 0 Å². The Hall–Kier alpha value is -2.57.